The van der Waals surface area contributed by atoms with Crippen molar-refractivity contribution < 1.29 is 18.6 Å². The zero-order valence-electron chi connectivity index (χ0n) is 15.0. The molecule has 0 spiro atoms. The van der Waals surface area contributed by atoms with E-state index in [2.05, 4.69) is 0 Å². The molecular weight excluding hydrogens is 347 g/mol. The molecule has 0 bridgehead atoms. The molecule has 2 aromatic rings. The molecule has 0 N–H and O–H groups in total. The summed E-state index contributed by atoms with van der Waals surface area (Å²) in [5, 5.41) is 0. The van der Waals surface area contributed by atoms with E-state index in [1.807, 2.05) is 72.8 Å². The van der Waals surface area contributed by atoms with Gasteiger partial charge < -0.3 is 14.0 Å². The molecule has 0 radical (unpaired) electrons. The van der Waals surface area contributed by atoms with Gasteiger partial charge in [0.05, 0.1) is 37.7 Å². The predicted octanol–water partition coefficient (Wildman–Crippen LogP) is 4.65. The predicted molar refractivity (Wildman–Crippen MR) is 104 cm³/mol. The van der Waals surface area contributed by atoms with E-state index in [-0.39, 0.29) is 11.3 Å². The van der Waals surface area contributed by atoms with Gasteiger partial charge in [-0.05, 0) is 11.1 Å². The Hall–Kier alpha value is -1.71. The summed E-state index contributed by atoms with van der Waals surface area (Å²) < 4.78 is 30.3. The molecule has 3 rings (SSSR count). The fourth-order valence-corrected chi connectivity index (χ4v) is 5.41. The van der Waals surface area contributed by atoms with E-state index in [0.29, 0.717) is 26.4 Å². The maximum atomic E-state index is 13.3. The lowest BCUT2D eigenvalue weighted by atomic mass is 10.2. The van der Waals surface area contributed by atoms with Crippen molar-refractivity contribution in [3.8, 4) is 0 Å². The lowest BCUT2D eigenvalue weighted by Crippen LogP contribution is -2.20. The zero-order valence-corrected chi connectivity index (χ0v) is 15.9. The standard InChI is InChI=1S/C21H25O4P/c1-23-26(22)20(16-24-14-18-8-4-2-5-9-18)12-13-21(26)17-25-15-19-10-6-3-7-11-19/h2-13,20-21H,14-17H2,1H3/t20-,21+,26?. The summed E-state index contributed by atoms with van der Waals surface area (Å²) in [5.41, 5.74) is 1.76. The molecule has 1 aliphatic heterocycles. The van der Waals surface area contributed by atoms with Gasteiger partial charge in [-0.25, -0.2) is 0 Å². The summed E-state index contributed by atoms with van der Waals surface area (Å²) in [7, 11) is -1.36. The van der Waals surface area contributed by atoms with Gasteiger partial charge in [0.1, 0.15) is 0 Å². The lowest BCUT2D eigenvalue weighted by molar-refractivity contribution is 0.119. The van der Waals surface area contributed by atoms with Crippen LogP contribution in [0.5, 0.6) is 0 Å². The fraction of sp³-hybridized carbons (Fsp3) is 0.333. The van der Waals surface area contributed by atoms with E-state index in [1.54, 1.807) is 0 Å². The topological polar surface area (TPSA) is 44.8 Å². The summed E-state index contributed by atoms with van der Waals surface area (Å²) in [5.74, 6) is 0. The highest BCUT2D eigenvalue weighted by Crippen LogP contribution is 2.60. The molecule has 0 aromatic heterocycles. The number of hydrogen-bond acceptors (Lipinski definition) is 4. The van der Waals surface area contributed by atoms with Crippen LogP contribution in [0.1, 0.15) is 11.1 Å². The largest absolute Gasteiger partial charge is 0.376 e. The van der Waals surface area contributed by atoms with E-state index >= 15 is 0 Å². The molecule has 4 nitrogen and oxygen atoms in total. The molecule has 1 aliphatic rings. The smallest absolute Gasteiger partial charge is 0.220 e. The van der Waals surface area contributed by atoms with Gasteiger partial charge in [0.25, 0.3) is 0 Å². The van der Waals surface area contributed by atoms with E-state index < -0.39 is 7.37 Å². The Morgan fingerprint density at radius 3 is 1.58 bits per heavy atom. The molecule has 0 aliphatic carbocycles. The summed E-state index contributed by atoms with van der Waals surface area (Å²) in [6, 6.07) is 19.9. The fourth-order valence-electron chi connectivity index (χ4n) is 3.08. The third kappa shape index (κ3) is 4.72. The van der Waals surface area contributed by atoms with Crippen molar-refractivity contribution >= 4 is 7.37 Å². The highest BCUT2D eigenvalue weighted by molar-refractivity contribution is 7.61. The Balaban J connectivity index is 1.49. The molecule has 2 aromatic carbocycles. The number of ether oxygens (including phenoxy) is 2. The Morgan fingerprint density at radius 2 is 1.19 bits per heavy atom. The second-order valence-corrected chi connectivity index (χ2v) is 9.33. The Kier molecular flexibility index (Phi) is 6.81. The highest BCUT2D eigenvalue weighted by atomic mass is 31.2. The van der Waals surface area contributed by atoms with Crippen molar-refractivity contribution in [2.45, 2.75) is 24.5 Å². The number of benzene rings is 2. The van der Waals surface area contributed by atoms with Crippen LogP contribution in [0.25, 0.3) is 0 Å². The van der Waals surface area contributed by atoms with Crippen LogP contribution in [0, 0.1) is 0 Å². The molecule has 0 saturated carbocycles. The van der Waals surface area contributed by atoms with Gasteiger partial charge in [0.15, 0.2) is 0 Å². The first-order valence-corrected chi connectivity index (χ1v) is 10.6. The van der Waals surface area contributed by atoms with Gasteiger partial charge in [0.2, 0.25) is 7.37 Å². The maximum Gasteiger partial charge on any atom is 0.220 e. The first kappa shape index (κ1) is 19.1. The van der Waals surface area contributed by atoms with Crippen molar-refractivity contribution in [3.63, 3.8) is 0 Å². The van der Waals surface area contributed by atoms with Gasteiger partial charge >= 0.3 is 0 Å². The molecule has 1 heterocycles. The molecule has 5 heteroatoms. The molecule has 0 fully saturated rings. The van der Waals surface area contributed by atoms with Crippen molar-refractivity contribution in [3.05, 3.63) is 83.9 Å². The minimum atomic E-state index is -2.87. The normalized spacial score (nSPS) is 24.8. The molecule has 1 unspecified atom stereocenters. The number of hydrogen-bond donors (Lipinski definition) is 0. The van der Waals surface area contributed by atoms with Gasteiger partial charge in [-0.2, -0.15) is 0 Å². The Labute approximate surface area is 155 Å². The summed E-state index contributed by atoms with van der Waals surface area (Å²) >= 11 is 0. The second kappa shape index (κ2) is 9.29. The van der Waals surface area contributed by atoms with Crippen LogP contribution in [0.4, 0.5) is 0 Å². The van der Waals surface area contributed by atoms with Crippen molar-refractivity contribution in [2.75, 3.05) is 20.3 Å². The molecular formula is C21H25O4P. The van der Waals surface area contributed by atoms with E-state index in [4.69, 9.17) is 14.0 Å². The second-order valence-electron chi connectivity index (χ2n) is 6.35. The minimum absolute atomic E-state index is 0.221. The van der Waals surface area contributed by atoms with Gasteiger partial charge in [-0.3, -0.25) is 4.57 Å². The minimum Gasteiger partial charge on any atom is -0.376 e. The Morgan fingerprint density at radius 1 is 0.769 bits per heavy atom. The van der Waals surface area contributed by atoms with E-state index in [9.17, 15) is 4.57 Å². The van der Waals surface area contributed by atoms with E-state index in [1.165, 1.54) is 7.11 Å². The molecule has 0 amide bonds. The van der Waals surface area contributed by atoms with E-state index in [0.717, 1.165) is 11.1 Å². The lowest BCUT2D eigenvalue weighted by Gasteiger charge is -2.24. The quantitative estimate of drug-likeness (QED) is 0.475. The van der Waals surface area contributed by atoms with Crippen LogP contribution >= 0.6 is 7.37 Å². The number of rotatable bonds is 9. The van der Waals surface area contributed by atoms with Gasteiger partial charge in [-0.1, -0.05) is 72.8 Å². The van der Waals surface area contributed by atoms with Crippen LogP contribution < -0.4 is 0 Å². The molecule has 3 atom stereocenters. The summed E-state index contributed by atoms with van der Waals surface area (Å²) in [6.45, 7) is 1.77. The van der Waals surface area contributed by atoms with Crippen LogP contribution in [0.15, 0.2) is 72.8 Å². The van der Waals surface area contributed by atoms with Crippen molar-refractivity contribution in [1.29, 1.82) is 0 Å². The molecule has 138 valence electrons. The third-order valence-electron chi connectivity index (χ3n) is 4.57. The maximum absolute atomic E-state index is 13.3. The van der Waals surface area contributed by atoms with Crippen LogP contribution in [-0.4, -0.2) is 31.6 Å². The van der Waals surface area contributed by atoms with Gasteiger partial charge in [0, 0.05) is 7.11 Å². The highest BCUT2D eigenvalue weighted by Gasteiger charge is 2.43. The SMILES string of the molecule is COP1(=O)[C@@H](COCc2ccccc2)C=C[C@H]1COCc1ccccc1. The third-order valence-corrected chi connectivity index (χ3v) is 7.63. The van der Waals surface area contributed by atoms with Crippen molar-refractivity contribution in [2.24, 2.45) is 0 Å². The molecule has 26 heavy (non-hydrogen) atoms. The van der Waals surface area contributed by atoms with Crippen LogP contribution in [0.3, 0.4) is 0 Å². The summed E-state index contributed by atoms with van der Waals surface area (Å²) in [6.07, 6.45) is 3.90. The average Bonchev–Trinajstić information content (AvgIpc) is 3.00. The van der Waals surface area contributed by atoms with Crippen LogP contribution in [0.2, 0.25) is 0 Å². The monoisotopic (exact) mass is 372 g/mol. The summed E-state index contributed by atoms with van der Waals surface area (Å²) in [4.78, 5) is 0. The van der Waals surface area contributed by atoms with Gasteiger partial charge in [-0.15, -0.1) is 0 Å². The first-order valence-electron chi connectivity index (χ1n) is 8.79. The van der Waals surface area contributed by atoms with Crippen molar-refractivity contribution in [1.82, 2.24) is 0 Å². The zero-order chi connectivity index (χ0) is 18.2. The average molecular weight is 372 g/mol. The first-order chi connectivity index (χ1) is 12.7. The Bertz CT molecular complexity index is 686. The molecule has 0 saturated heterocycles. The van der Waals surface area contributed by atoms with Crippen LogP contribution in [-0.2, 0) is 31.8 Å².